The number of carbonyl (C=O) groups is 1. The van der Waals surface area contributed by atoms with Crippen molar-refractivity contribution in [2.24, 2.45) is 11.7 Å². The van der Waals surface area contributed by atoms with Crippen molar-refractivity contribution in [3.05, 3.63) is 11.6 Å². The largest absolute Gasteiger partial charge is 0.350 e. The normalized spacial score (nSPS) is 20.5. The molecule has 3 N–H and O–H groups in total. The first-order valence-electron chi connectivity index (χ1n) is 4.35. The summed E-state index contributed by atoms with van der Waals surface area (Å²) in [7, 11) is 0. The minimum Gasteiger partial charge on any atom is -0.350 e. The predicted octanol–water partition coefficient (Wildman–Crippen LogP) is 0.983. The van der Waals surface area contributed by atoms with Gasteiger partial charge in [-0.05, 0) is 25.7 Å². The monoisotopic (exact) mass is 202 g/mol. The Morgan fingerprint density at radius 3 is 2.69 bits per heavy atom. The van der Waals surface area contributed by atoms with Crippen LogP contribution < -0.4 is 11.1 Å². The molecule has 13 heavy (non-hydrogen) atoms. The number of hydrogen-bond donors (Lipinski definition) is 2. The Morgan fingerprint density at radius 2 is 2.31 bits per heavy atom. The number of rotatable bonds is 4. The van der Waals surface area contributed by atoms with Crippen LogP contribution in [0.2, 0.25) is 0 Å². The highest BCUT2D eigenvalue weighted by atomic mass is 35.5. The summed E-state index contributed by atoms with van der Waals surface area (Å²) in [6.07, 6.45) is 2.09. The molecule has 1 amide bonds. The first-order valence-corrected chi connectivity index (χ1v) is 4.73. The molecular formula is C9H15ClN2O. The van der Waals surface area contributed by atoms with Gasteiger partial charge in [-0.2, -0.15) is 0 Å². The van der Waals surface area contributed by atoms with Gasteiger partial charge in [-0.25, -0.2) is 0 Å². The van der Waals surface area contributed by atoms with E-state index in [-0.39, 0.29) is 5.91 Å². The summed E-state index contributed by atoms with van der Waals surface area (Å²) < 4.78 is 0. The molecule has 3 nitrogen and oxygen atoms in total. The van der Waals surface area contributed by atoms with Crippen LogP contribution in [0.5, 0.6) is 0 Å². The molecule has 1 aliphatic carbocycles. The molecule has 1 fully saturated rings. The van der Waals surface area contributed by atoms with Crippen molar-refractivity contribution in [3.8, 4) is 0 Å². The molecule has 74 valence electrons. The number of nitrogens with one attached hydrogen (secondary N) is 1. The number of nitrogens with two attached hydrogens (primary N) is 1. The van der Waals surface area contributed by atoms with Crippen molar-refractivity contribution in [1.29, 1.82) is 0 Å². The van der Waals surface area contributed by atoms with Crippen molar-refractivity contribution in [2.75, 3.05) is 6.54 Å². The van der Waals surface area contributed by atoms with E-state index in [0.717, 1.165) is 12.8 Å². The van der Waals surface area contributed by atoms with Gasteiger partial charge in [-0.15, -0.1) is 0 Å². The van der Waals surface area contributed by atoms with E-state index in [0.29, 0.717) is 17.5 Å². The highest BCUT2D eigenvalue weighted by Gasteiger charge is 2.43. The summed E-state index contributed by atoms with van der Waals surface area (Å²) in [4.78, 5) is 11.5. The minimum absolute atomic E-state index is 0.142. The zero-order valence-electron chi connectivity index (χ0n) is 7.77. The van der Waals surface area contributed by atoms with Crippen LogP contribution in [0.15, 0.2) is 11.6 Å². The molecule has 0 radical (unpaired) electrons. The van der Waals surface area contributed by atoms with E-state index in [1.54, 1.807) is 6.92 Å². The maximum atomic E-state index is 11.5. The first kappa shape index (κ1) is 10.5. The Labute approximate surface area is 83.3 Å². The quantitative estimate of drug-likeness (QED) is 0.714. The van der Waals surface area contributed by atoms with Crippen LogP contribution in [0.4, 0.5) is 0 Å². The van der Waals surface area contributed by atoms with E-state index in [1.807, 2.05) is 0 Å². The number of hydrogen-bond acceptors (Lipinski definition) is 2. The van der Waals surface area contributed by atoms with Gasteiger partial charge in [-0.3, -0.25) is 4.79 Å². The minimum atomic E-state index is -0.744. The Kier molecular flexibility index (Phi) is 2.98. The average Bonchev–Trinajstić information content (AvgIpc) is 2.81. The predicted molar refractivity (Wildman–Crippen MR) is 53.3 cm³/mol. The van der Waals surface area contributed by atoms with Crippen LogP contribution in [0.25, 0.3) is 0 Å². The highest BCUT2D eigenvalue weighted by molar-refractivity contribution is 6.29. The van der Waals surface area contributed by atoms with Gasteiger partial charge in [-0.1, -0.05) is 18.2 Å². The molecule has 4 heteroatoms. The highest BCUT2D eigenvalue weighted by Crippen LogP contribution is 2.38. The molecule has 1 aliphatic rings. The third-order valence-electron chi connectivity index (χ3n) is 2.36. The molecule has 0 bridgehead atoms. The van der Waals surface area contributed by atoms with Crippen LogP contribution in [0.1, 0.15) is 19.8 Å². The fourth-order valence-corrected chi connectivity index (χ4v) is 1.30. The van der Waals surface area contributed by atoms with Gasteiger partial charge in [0, 0.05) is 5.03 Å². The molecule has 1 saturated carbocycles. The van der Waals surface area contributed by atoms with Gasteiger partial charge >= 0.3 is 0 Å². The summed E-state index contributed by atoms with van der Waals surface area (Å²) in [5.41, 5.74) is 5.12. The summed E-state index contributed by atoms with van der Waals surface area (Å²) in [6, 6.07) is 0. The average molecular weight is 203 g/mol. The van der Waals surface area contributed by atoms with Crippen molar-refractivity contribution < 1.29 is 4.79 Å². The van der Waals surface area contributed by atoms with E-state index in [2.05, 4.69) is 11.9 Å². The molecule has 0 aromatic rings. The Bertz CT molecular complexity index is 234. The second kappa shape index (κ2) is 3.68. The maximum absolute atomic E-state index is 11.5. The van der Waals surface area contributed by atoms with Gasteiger partial charge in [0.25, 0.3) is 0 Å². The van der Waals surface area contributed by atoms with Crippen molar-refractivity contribution >= 4 is 17.5 Å². The number of amides is 1. The van der Waals surface area contributed by atoms with Crippen LogP contribution in [0, 0.1) is 5.92 Å². The standard InChI is InChI=1S/C9H15ClN2O/c1-6(10)5-12-8(13)9(2,11)7-3-4-7/h7H,1,3-5,11H2,2H3,(H,12,13). The zero-order chi connectivity index (χ0) is 10.1. The van der Waals surface area contributed by atoms with Gasteiger partial charge in [0.1, 0.15) is 0 Å². The van der Waals surface area contributed by atoms with Crippen LogP contribution >= 0.6 is 11.6 Å². The van der Waals surface area contributed by atoms with Crippen LogP contribution in [0.3, 0.4) is 0 Å². The van der Waals surface area contributed by atoms with Crippen LogP contribution in [-0.2, 0) is 4.79 Å². The molecule has 0 heterocycles. The van der Waals surface area contributed by atoms with E-state index in [9.17, 15) is 4.79 Å². The van der Waals surface area contributed by atoms with E-state index >= 15 is 0 Å². The number of carbonyl (C=O) groups excluding carboxylic acids is 1. The molecule has 0 spiro atoms. The molecule has 0 aromatic heterocycles. The Hall–Kier alpha value is -0.540. The topological polar surface area (TPSA) is 55.1 Å². The summed E-state index contributed by atoms with van der Waals surface area (Å²) in [5.74, 6) is 0.188. The fraction of sp³-hybridized carbons (Fsp3) is 0.667. The summed E-state index contributed by atoms with van der Waals surface area (Å²) in [6.45, 7) is 5.53. The molecule has 0 saturated heterocycles. The third-order valence-corrected chi connectivity index (χ3v) is 2.49. The van der Waals surface area contributed by atoms with E-state index < -0.39 is 5.54 Å². The summed E-state index contributed by atoms with van der Waals surface area (Å²) >= 11 is 5.52. The van der Waals surface area contributed by atoms with Crippen molar-refractivity contribution in [2.45, 2.75) is 25.3 Å². The lowest BCUT2D eigenvalue weighted by Gasteiger charge is -2.22. The molecule has 1 atom stereocenters. The Morgan fingerprint density at radius 1 is 1.77 bits per heavy atom. The van der Waals surface area contributed by atoms with Gasteiger partial charge in [0.2, 0.25) is 5.91 Å². The lowest BCUT2D eigenvalue weighted by Crippen LogP contribution is -2.53. The molecule has 1 rings (SSSR count). The summed E-state index contributed by atoms with van der Waals surface area (Å²) in [5, 5.41) is 3.06. The van der Waals surface area contributed by atoms with Crippen LogP contribution in [-0.4, -0.2) is 18.0 Å². The third kappa shape index (κ3) is 2.71. The van der Waals surface area contributed by atoms with E-state index in [4.69, 9.17) is 17.3 Å². The SMILES string of the molecule is C=C(Cl)CNC(=O)C(C)(N)C1CC1. The zero-order valence-corrected chi connectivity index (χ0v) is 8.53. The number of halogens is 1. The Balaban J connectivity index is 2.41. The second-order valence-corrected chi connectivity index (χ2v) is 4.29. The van der Waals surface area contributed by atoms with Crippen molar-refractivity contribution in [3.63, 3.8) is 0 Å². The second-order valence-electron chi connectivity index (χ2n) is 3.76. The van der Waals surface area contributed by atoms with Gasteiger partial charge in [0.15, 0.2) is 0 Å². The molecule has 0 aliphatic heterocycles. The van der Waals surface area contributed by atoms with Gasteiger partial charge in [0.05, 0.1) is 12.1 Å². The lowest BCUT2D eigenvalue weighted by molar-refractivity contribution is -0.126. The molecular weight excluding hydrogens is 188 g/mol. The fourth-order valence-electron chi connectivity index (χ4n) is 1.24. The molecule has 0 aromatic carbocycles. The smallest absolute Gasteiger partial charge is 0.240 e. The lowest BCUT2D eigenvalue weighted by atomic mass is 9.96. The van der Waals surface area contributed by atoms with Gasteiger partial charge < -0.3 is 11.1 Å². The van der Waals surface area contributed by atoms with Crippen molar-refractivity contribution in [1.82, 2.24) is 5.32 Å². The maximum Gasteiger partial charge on any atom is 0.240 e. The van der Waals surface area contributed by atoms with E-state index in [1.165, 1.54) is 0 Å². The molecule has 1 unspecified atom stereocenters. The first-order chi connectivity index (χ1) is 5.94.